The summed E-state index contributed by atoms with van der Waals surface area (Å²) in [6.07, 6.45) is 4.62. The third-order valence-corrected chi connectivity index (χ3v) is 7.05. The van der Waals surface area contributed by atoms with Crippen molar-refractivity contribution in [3.8, 4) is 5.75 Å². The fourth-order valence-electron chi connectivity index (χ4n) is 4.19. The van der Waals surface area contributed by atoms with Gasteiger partial charge in [-0.15, -0.1) is 11.3 Å². The Labute approximate surface area is 235 Å². The van der Waals surface area contributed by atoms with Crippen LogP contribution < -0.4 is 20.7 Å². The van der Waals surface area contributed by atoms with Crippen molar-refractivity contribution in [2.75, 3.05) is 32.8 Å². The SMILES string of the molecule is Cc1nc(CC(=O)N2CCCCNC(=O)[C@H](Cc3cnc[nH]3)NC(=O)c3cccc(c3)OCCNC(=O)C2)cs1. The molecule has 0 saturated heterocycles. The molecule has 2 aromatic heterocycles. The Bertz CT molecular complexity index is 1310. The van der Waals surface area contributed by atoms with Gasteiger partial charge in [-0.3, -0.25) is 19.2 Å². The van der Waals surface area contributed by atoms with Crippen LogP contribution in [-0.2, 0) is 27.2 Å². The van der Waals surface area contributed by atoms with E-state index in [0.29, 0.717) is 48.6 Å². The van der Waals surface area contributed by atoms with E-state index in [4.69, 9.17) is 4.74 Å². The van der Waals surface area contributed by atoms with Crippen LogP contribution in [0.5, 0.6) is 5.75 Å². The van der Waals surface area contributed by atoms with Crippen molar-refractivity contribution in [3.05, 3.63) is 64.1 Å². The second-order valence-electron chi connectivity index (χ2n) is 9.38. The number of benzene rings is 1. The summed E-state index contributed by atoms with van der Waals surface area (Å²) in [6.45, 7) is 2.89. The number of amides is 4. The molecule has 0 aliphatic carbocycles. The van der Waals surface area contributed by atoms with Crippen molar-refractivity contribution in [2.24, 2.45) is 0 Å². The van der Waals surface area contributed by atoms with Crippen LogP contribution in [0.25, 0.3) is 0 Å². The van der Waals surface area contributed by atoms with Crippen molar-refractivity contribution in [1.82, 2.24) is 35.8 Å². The topological polar surface area (TPSA) is 158 Å². The Hall–Kier alpha value is -4.26. The fraction of sp³-hybridized carbons (Fsp3) is 0.407. The number of carbonyl (C=O) groups is 4. The summed E-state index contributed by atoms with van der Waals surface area (Å²) >= 11 is 1.47. The Morgan fingerprint density at radius 2 is 2.05 bits per heavy atom. The minimum Gasteiger partial charge on any atom is -0.492 e. The molecule has 1 aliphatic heterocycles. The second-order valence-corrected chi connectivity index (χ2v) is 10.4. The summed E-state index contributed by atoms with van der Waals surface area (Å²) < 4.78 is 5.72. The largest absolute Gasteiger partial charge is 0.492 e. The lowest BCUT2D eigenvalue weighted by molar-refractivity contribution is -0.135. The molecule has 1 atom stereocenters. The third kappa shape index (κ3) is 8.63. The lowest BCUT2D eigenvalue weighted by Crippen LogP contribution is -2.48. The molecule has 1 aromatic carbocycles. The molecule has 1 aliphatic rings. The summed E-state index contributed by atoms with van der Waals surface area (Å²) in [5, 5.41) is 11.2. The maximum absolute atomic E-state index is 13.1. The lowest BCUT2D eigenvalue weighted by Gasteiger charge is -2.22. The fourth-order valence-corrected chi connectivity index (χ4v) is 4.81. The molecule has 0 fully saturated rings. The highest BCUT2D eigenvalue weighted by molar-refractivity contribution is 7.09. The molecular formula is C27H33N7O5S. The third-order valence-electron chi connectivity index (χ3n) is 6.23. The lowest BCUT2D eigenvalue weighted by atomic mass is 10.1. The van der Waals surface area contributed by atoms with Gasteiger partial charge in [-0.2, -0.15) is 0 Å². The Balaban J connectivity index is 1.46. The molecule has 4 amide bonds. The molecule has 4 N–H and O–H groups in total. The number of H-pyrrole nitrogens is 1. The van der Waals surface area contributed by atoms with Crippen LogP contribution in [0.3, 0.4) is 0 Å². The number of carbonyl (C=O) groups excluding carboxylic acids is 4. The molecule has 0 spiro atoms. The first kappa shape index (κ1) is 28.7. The van der Waals surface area contributed by atoms with Gasteiger partial charge in [0.05, 0.1) is 36.5 Å². The molecule has 40 heavy (non-hydrogen) atoms. The normalized spacial score (nSPS) is 17.9. The van der Waals surface area contributed by atoms with Crippen molar-refractivity contribution in [3.63, 3.8) is 0 Å². The van der Waals surface area contributed by atoms with Gasteiger partial charge in [-0.1, -0.05) is 6.07 Å². The molecule has 0 radical (unpaired) electrons. The van der Waals surface area contributed by atoms with E-state index in [9.17, 15) is 19.2 Å². The minimum atomic E-state index is -0.832. The molecular weight excluding hydrogens is 534 g/mol. The number of hydrogen-bond acceptors (Lipinski definition) is 8. The van der Waals surface area contributed by atoms with E-state index in [2.05, 4.69) is 30.9 Å². The van der Waals surface area contributed by atoms with Gasteiger partial charge in [-0.05, 0) is 38.0 Å². The average molecular weight is 568 g/mol. The summed E-state index contributed by atoms with van der Waals surface area (Å²) in [5.74, 6) is -0.789. The maximum atomic E-state index is 13.1. The number of hydrogen-bond donors (Lipinski definition) is 4. The van der Waals surface area contributed by atoms with Crippen LogP contribution in [0.15, 0.2) is 42.2 Å². The number of nitrogens with one attached hydrogen (secondary N) is 4. The molecule has 0 saturated carbocycles. The Morgan fingerprint density at radius 1 is 1.18 bits per heavy atom. The number of nitrogens with zero attached hydrogens (tertiary/aromatic N) is 3. The number of rotatable bonds is 4. The quantitative estimate of drug-likeness (QED) is 0.366. The predicted molar refractivity (Wildman–Crippen MR) is 148 cm³/mol. The van der Waals surface area contributed by atoms with Crippen LogP contribution in [0, 0.1) is 6.92 Å². The van der Waals surface area contributed by atoms with Crippen LogP contribution in [0.1, 0.15) is 39.6 Å². The van der Waals surface area contributed by atoms with Crippen molar-refractivity contribution < 1.29 is 23.9 Å². The van der Waals surface area contributed by atoms with Crippen LogP contribution in [-0.4, -0.2) is 82.3 Å². The van der Waals surface area contributed by atoms with Crippen LogP contribution in [0.4, 0.5) is 0 Å². The van der Waals surface area contributed by atoms with Crippen molar-refractivity contribution in [1.29, 1.82) is 0 Å². The van der Waals surface area contributed by atoms with Gasteiger partial charge < -0.3 is 30.6 Å². The van der Waals surface area contributed by atoms with Crippen molar-refractivity contribution in [2.45, 2.75) is 38.6 Å². The van der Waals surface area contributed by atoms with Crippen LogP contribution in [0.2, 0.25) is 0 Å². The van der Waals surface area contributed by atoms with E-state index >= 15 is 0 Å². The molecule has 3 aromatic rings. The smallest absolute Gasteiger partial charge is 0.252 e. The van der Waals surface area contributed by atoms with Crippen LogP contribution >= 0.6 is 11.3 Å². The standard InChI is InChI=1S/C27H33N7O5S/c1-18-32-21(16-40-18)13-25(36)34-9-3-2-7-30-27(38)23(12-20-14-28-17-31-20)33-26(37)19-5-4-6-22(11-19)39-10-8-29-24(35)15-34/h4-6,11,14,16-17,23H,2-3,7-10,12-13,15H2,1H3,(H,28,31)(H,29,35)(H,30,38)(H,33,37)/t23-/m0/s1. The maximum Gasteiger partial charge on any atom is 0.252 e. The van der Waals surface area contributed by atoms with Gasteiger partial charge in [0.25, 0.3) is 5.91 Å². The molecule has 212 valence electrons. The zero-order valence-corrected chi connectivity index (χ0v) is 23.1. The van der Waals surface area contributed by atoms with E-state index < -0.39 is 11.9 Å². The van der Waals surface area contributed by atoms with E-state index in [1.807, 2.05) is 12.3 Å². The zero-order valence-electron chi connectivity index (χ0n) is 22.3. The zero-order chi connectivity index (χ0) is 28.3. The molecule has 12 nitrogen and oxygen atoms in total. The number of ether oxygens (including phenoxy) is 1. The van der Waals surface area contributed by atoms with Crippen molar-refractivity contribution >= 4 is 35.0 Å². The molecule has 0 unspecified atom stereocenters. The highest BCUT2D eigenvalue weighted by atomic mass is 32.1. The summed E-state index contributed by atoms with van der Waals surface area (Å²) in [5.41, 5.74) is 1.72. The molecule has 2 bridgehead atoms. The first-order chi connectivity index (χ1) is 19.4. The summed E-state index contributed by atoms with van der Waals surface area (Å²) in [6, 6.07) is 5.77. The van der Waals surface area contributed by atoms with Gasteiger partial charge in [-0.25, -0.2) is 9.97 Å². The first-order valence-corrected chi connectivity index (χ1v) is 14.0. The van der Waals surface area contributed by atoms with Gasteiger partial charge >= 0.3 is 0 Å². The number of imidazole rings is 1. The average Bonchev–Trinajstić information content (AvgIpc) is 3.60. The Kier molecular flexibility index (Phi) is 10.2. The highest BCUT2D eigenvalue weighted by Gasteiger charge is 2.23. The number of aromatic nitrogens is 3. The van der Waals surface area contributed by atoms with Gasteiger partial charge in [0.15, 0.2) is 0 Å². The van der Waals surface area contributed by atoms with E-state index in [-0.39, 0.29) is 50.3 Å². The molecule has 3 heterocycles. The number of thiazole rings is 1. The highest BCUT2D eigenvalue weighted by Crippen LogP contribution is 2.14. The molecule has 13 heteroatoms. The molecule has 4 rings (SSSR count). The minimum absolute atomic E-state index is 0.0888. The monoisotopic (exact) mass is 567 g/mol. The first-order valence-electron chi connectivity index (χ1n) is 13.1. The number of aromatic amines is 1. The number of fused-ring (bicyclic) bond motifs is 2. The summed E-state index contributed by atoms with van der Waals surface area (Å²) in [4.78, 5) is 64.6. The van der Waals surface area contributed by atoms with E-state index in [1.54, 1.807) is 30.5 Å². The second kappa shape index (κ2) is 14.2. The van der Waals surface area contributed by atoms with Gasteiger partial charge in [0.1, 0.15) is 18.4 Å². The Morgan fingerprint density at radius 3 is 2.83 bits per heavy atom. The van der Waals surface area contributed by atoms with Gasteiger partial charge in [0, 0.05) is 42.3 Å². The van der Waals surface area contributed by atoms with E-state index in [0.717, 1.165) is 5.01 Å². The summed E-state index contributed by atoms with van der Waals surface area (Å²) in [7, 11) is 0. The van der Waals surface area contributed by atoms with Gasteiger partial charge in [0.2, 0.25) is 17.7 Å². The number of aryl methyl sites for hydroxylation is 1. The predicted octanol–water partition coefficient (Wildman–Crippen LogP) is 0.992. The van der Waals surface area contributed by atoms with E-state index in [1.165, 1.54) is 22.6 Å².